The highest BCUT2D eigenvalue weighted by Gasteiger charge is 2.20. The van der Waals surface area contributed by atoms with Gasteiger partial charge in [0, 0.05) is 11.8 Å². The second-order valence-electron chi connectivity index (χ2n) is 6.59. The molecule has 116 valence electrons. The van der Waals surface area contributed by atoms with Gasteiger partial charge in [0.05, 0.1) is 0 Å². The van der Waals surface area contributed by atoms with Gasteiger partial charge in [-0.1, -0.05) is 63.2 Å². The van der Waals surface area contributed by atoms with E-state index in [1.165, 1.54) is 5.56 Å². The molecule has 0 aromatic heterocycles. The van der Waals surface area contributed by atoms with E-state index in [9.17, 15) is 4.79 Å². The predicted octanol–water partition coefficient (Wildman–Crippen LogP) is 4.81. The molecule has 0 saturated carbocycles. The highest BCUT2D eigenvalue weighted by molar-refractivity contribution is 5.83. The Morgan fingerprint density at radius 2 is 1.55 bits per heavy atom. The molecule has 0 radical (unpaired) electrons. The van der Waals surface area contributed by atoms with Crippen molar-refractivity contribution in [2.75, 3.05) is 0 Å². The number of ketones is 1. The summed E-state index contributed by atoms with van der Waals surface area (Å²) in [5, 5.41) is 0. The normalized spacial score (nSPS) is 11.2. The van der Waals surface area contributed by atoms with Gasteiger partial charge in [-0.25, -0.2) is 0 Å². The van der Waals surface area contributed by atoms with Crippen molar-refractivity contribution in [3.63, 3.8) is 0 Å². The molecule has 0 aliphatic rings. The van der Waals surface area contributed by atoms with Crippen LogP contribution in [0.4, 0.5) is 0 Å². The fraction of sp³-hybridized carbons (Fsp3) is 0.350. The lowest BCUT2D eigenvalue weighted by Gasteiger charge is -2.16. The number of hydrogen-bond donors (Lipinski definition) is 0. The SMILES string of the molecule is CC(C)(C)C(=O)CCc1ccc(OCc2ccccc2)cc1. The minimum absolute atomic E-state index is 0.251. The van der Waals surface area contributed by atoms with Gasteiger partial charge in [-0.2, -0.15) is 0 Å². The van der Waals surface area contributed by atoms with E-state index in [1.54, 1.807) is 0 Å². The van der Waals surface area contributed by atoms with Crippen molar-refractivity contribution < 1.29 is 9.53 Å². The Balaban J connectivity index is 1.84. The number of rotatable bonds is 6. The lowest BCUT2D eigenvalue weighted by atomic mass is 9.87. The Morgan fingerprint density at radius 3 is 2.14 bits per heavy atom. The van der Waals surface area contributed by atoms with Crippen molar-refractivity contribution in [3.8, 4) is 5.75 Å². The van der Waals surface area contributed by atoms with Gasteiger partial charge in [0.2, 0.25) is 0 Å². The van der Waals surface area contributed by atoms with Crippen LogP contribution in [0.15, 0.2) is 54.6 Å². The van der Waals surface area contributed by atoms with E-state index in [2.05, 4.69) is 0 Å². The van der Waals surface area contributed by atoms with Gasteiger partial charge >= 0.3 is 0 Å². The molecule has 0 N–H and O–H groups in total. The summed E-state index contributed by atoms with van der Waals surface area (Å²) in [7, 11) is 0. The third-order valence-corrected chi connectivity index (χ3v) is 3.65. The molecule has 2 heteroatoms. The molecule has 0 aliphatic carbocycles. The van der Waals surface area contributed by atoms with Crippen molar-refractivity contribution in [2.24, 2.45) is 5.41 Å². The van der Waals surface area contributed by atoms with Crippen molar-refractivity contribution >= 4 is 5.78 Å². The van der Waals surface area contributed by atoms with Crippen LogP contribution in [0, 0.1) is 5.41 Å². The highest BCUT2D eigenvalue weighted by Crippen LogP contribution is 2.20. The maximum absolute atomic E-state index is 11.9. The molecule has 0 spiro atoms. The Labute approximate surface area is 133 Å². The van der Waals surface area contributed by atoms with Crippen LogP contribution in [-0.4, -0.2) is 5.78 Å². The van der Waals surface area contributed by atoms with Crippen LogP contribution in [-0.2, 0) is 17.8 Å². The number of carbonyl (C=O) groups is 1. The number of benzene rings is 2. The topological polar surface area (TPSA) is 26.3 Å². The molecule has 0 bridgehead atoms. The summed E-state index contributed by atoms with van der Waals surface area (Å²) in [5.74, 6) is 1.16. The summed E-state index contributed by atoms with van der Waals surface area (Å²) in [4.78, 5) is 11.9. The predicted molar refractivity (Wildman–Crippen MR) is 90.0 cm³/mol. The molecule has 0 fully saturated rings. The summed E-state index contributed by atoms with van der Waals surface area (Å²) >= 11 is 0. The van der Waals surface area contributed by atoms with Crippen LogP contribution in [0.2, 0.25) is 0 Å². The maximum atomic E-state index is 11.9. The van der Waals surface area contributed by atoms with Gasteiger partial charge in [0.1, 0.15) is 18.1 Å². The summed E-state index contributed by atoms with van der Waals surface area (Å²) in [6, 6.07) is 18.1. The number of Topliss-reactive ketones (excluding diaryl/α,β-unsaturated/α-hetero) is 1. The van der Waals surface area contributed by atoms with Crippen LogP contribution >= 0.6 is 0 Å². The van der Waals surface area contributed by atoms with E-state index in [-0.39, 0.29) is 5.41 Å². The van der Waals surface area contributed by atoms with E-state index < -0.39 is 0 Å². The Bertz CT molecular complexity index is 592. The van der Waals surface area contributed by atoms with E-state index in [0.717, 1.165) is 17.7 Å². The van der Waals surface area contributed by atoms with Gasteiger partial charge in [0.15, 0.2) is 0 Å². The van der Waals surface area contributed by atoms with Crippen LogP contribution < -0.4 is 4.74 Å². The standard InChI is InChI=1S/C20H24O2/c1-20(2,3)19(21)14-11-16-9-12-18(13-10-16)22-15-17-7-5-4-6-8-17/h4-10,12-13H,11,14-15H2,1-3H3. The summed E-state index contributed by atoms with van der Waals surface area (Å²) in [6.07, 6.45) is 1.38. The van der Waals surface area contributed by atoms with E-state index in [1.807, 2.05) is 75.4 Å². The quantitative estimate of drug-likeness (QED) is 0.764. The third-order valence-electron chi connectivity index (χ3n) is 3.65. The molecule has 2 nitrogen and oxygen atoms in total. The average molecular weight is 296 g/mol. The molecule has 0 unspecified atom stereocenters. The number of ether oxygens (including phenoxy) is 1. The first-order valence-corrected chi connectivity index (χ1v) is 7.74. The molecule has 2 aromatic rings. The number of carbonyl (C=O) groups excluding carboxylic acids is 1. The minimum atomic E-state index is -0.251. The summed E-state index contributed by atoms with van der Waals surface area (Å²) < 4.78 is 5.76. The molecular formula is C20H24O2. The molecule has 0 amide bonds. The molecule has 22 heavy (non-hydrogen) atoms. The summed E-state index contributed by atoms with van der Waals surface area (Å²) in [6.45, 7) is 6.48. The molecule has 2 rings (SSSR count). The second-order valence-corrected chi connectivity index (χ2v) is 6.59. The largest absolute Gasteiger partial charge is 0.489 e. The van der Waals surface area contributed by atoms with Crippen LogP contribution in [0.1, 0.15) is 38.3 Å². The van der Waals surface area contributed by atoms with Gasteiger partial charge < -0.3 is 4.74 Å². The fourth-order valence-electron chi connectivity index (χ4n) is 2.13. The maximum Gasteiger partial charge on any atom is 0.138 e. The van der Waals surface area contributed by atoms with E-state index in [0.29, 0.717) is 18.8 Å². The first-order chi connectivity index (χ1) is 10.4. The molecular weight excluding hydrogens is 272 g/mol. The third kappa shape index (κ3) is 5.03. The van der Waals surface area contributed by atoms with Gasteiger partial charge in [-0.15, -0.1) is 0 Å². The zero-order valence-corrected chi connectivity index (χ0v) is 13.6. The smallest absolute Gasteiger partial charge is 0.138 e. The minimum Gasteiger partial charge on any atom is -0.489 e. The average Bonchev–Trinajstić information content (AvgIpc) is 2.51. The molecule has 0 aliphatic heterocycles. The van der Waals surface area contributed by atoms with Gasteiger partial charge in [-0.3, -0.25) is 4.79 Å². The van der Waals surface area contributed by atoms with Crippen molar-refractivity contribution in [3.05, 3.63) is 65.7 Å². The van der Waals surface area contributed by atoms with Gasteiger partial charge in [-0.05, 0) is 29.7 Å². The van der Waals surface area contributed by atoms with Crippen LogP contribution in [0.5, 0.6) is 5.75 Å². The second kappa shape index (κ2) is 7.26. The number of aryl methyl sites for hydroxylation is 1. The van der Waals surface area contributed by atoms with Crippen LogP contribution in [0.3, 0.4) is 0 Å². The lowest BCUT2D eigenvalue weighted by molar-refractivity contribution is -0.126. The van der Waals surface area contributed by atoms with E-state index >= 15 is 0 Å². The molecule has 0 heterocycles. The van der Waals surface area contributed by atoms with Crippen LogP contribution in [0.25, 0.3) is 0 Å². The Hall–Kier alpha value is -2.09. The lowest BCUT2D eigenvalue weighted by Crippen LogP contribution is -2.20. The molecule has 0 saturated heterocycles. The van der Waals surface area contributed by atoms with Gasteiger partial charge in [0.25, 0.3) is 0 Å². The Morgan fingerprint density at radius 1 is 0.909 bits per heavy atom. The Kier molecular flexibility index (Phi) is 5.37. The monoisotopic (exact) mass is 296 g/mol. The molecule has 2 aromatic carbocycles. The van der Waals surface area contributed by atoms with Crippen molar-refractivity contribution in [1.29, 1.82) is 0 Å². The summed E-state index contributed by atoms with van der Waals surface area (Å²) in [5.41, 5.74) is 2.07. The first kappa shape index (κ1) is 16.3. The van der Waals surface area contributed by atoms with Crippen molar-refractivity contribution in [2.45, 2.75) is 40.2 Å². The molecule has 0 atom stereocenters. The first-order valence-electron chi connectivity index (χ1n) is 7.74. The number of hydrogen-bond acceptors (Lipinski definition) is 2. The zero-order valence-electron chi connectivity index (χ0n) is 13.6. The van der Waals surface area contributed by atoms with Crippen molar-refractivity contribution in [1.82, 2.24) is 0 Å². The highest BCUT2D eigenvalue weighted by atomic mass is 16.5. The zero-order chi connectivity index (χ0) is 16.0. The fourth-order valence-corrected chi connectivity index (χ4v) is 2.13. The van der Waals surface area contributed by atoms with E-state index in [4.69, 9.17) is 4.74 Å².